The van der Waals surface area contributed by atoms with E-state index in [0.717, 1.165) is 41.4 Å². The number of anilines is 2. The average Bonchev–Trinajstić information content (AvgIpc) is 2.97. The van der Waals surface area contributed by atoms with Crippen molar-refractivity contribution < 1.29 is 14.5 Å². The van der Waals surface area contributed by atoms with Crippen molar-refractivity contribution in [2.24, 2.45) is 0 Å². The van der Waals surface area contributed by atoms with Crippen molar-refractivity contribution in [1.82, 2.24) is 0 Å². The molecule has 2 aromatic rings. The van der Waals surface area contributed by atoms with Crippen LogP contribution in [0.2, 0.25) is 5.02 Å². The molecular weight excluding hydrogens is 430 g/mol. The Morgan fingerprint density at radius 2 is 1.70 bits per heavy atom. The first-order chi connectivity index (χ1) is 13.0. The van der Waals surface area contributed by atoms with E-state index in [2.05, 4.69) is 26.9 Å². The van der Waals surface area contributed by atoms with Gasteiger partial charge in [0.15, 0.2) is 6.04 Å². The van der Waals surface area contributed by atoms with Crippen molar-refractivity contribution >= 4 is 50.7 Å². The molecule has 0 radical (unpaired) electrons. The molecule has 27 heavy (non-hydrogen) atoms. The highest BCUT2D eigenvalue weighted by atomic mass is 79.9. The van der Waals surface area contributed by atoms with Crippen LogP contribution in [-0.4, -0.2) is 44.0 Å². The third kappa shape index (κ3) is 3.74. The Hall–Kier alpha value is -1.89. The Bertz CT molecular complexity index is 866. The summed E-state index contributed by atoms with van der Waals surface area (Å²) in [5.74, 6) is -0.203. The number of halogens is 2. The molecule has 4 rings (SSSR count). The van der Waals surface area contributed by atoms with Gasteiger partial charge in [0.2, 0.25) is 5.91 Å². The highest BCUT2D eigenvalue weighted by Crippen LogP contribution is 2.24. The van der Waals surface area contributed by atoms with E-state index in [1.54, 1.807) is 12.1 Å². The van der Waals surface area contributed by atoms with E-state index in [0.29, 0.717) is 5.69 Å². The first kappa shape index (κ1) is 18.5. The molecule has 0 saturated carbocycles. The molecule has 2 aliphatic rings. The first-order valence-electron chi connectivity index (χ1n) is 9.00. The summed E-state index contributed by atoms with van der Waals surface area (Å²) >= 11 is 9.48. The molecule has 0 aromatic heterocycles. The standard InChI is InChI=1S/C20H19BrClN3O2/c21-14-4-6-16(7-5-14)25-19(26)13-18(20(25)27)24-10-8-23(9-11-24)17-3-1-2-15(22)12-17/h1-7,12,18H,8-11,13H2/p+1/t18-/m0/s1. The molecule has 7 heteroatoms. The molecule has 2 aliphatic heterocycles. The van der Waals surface area contributed by atoms with Gasteiger partial charge in [-0.2, -0.15) is 0 Å². The SMILES string of the molecule is O=C1C[C@H]([NH+]2CCN(c3cccc(Cl)c3)CC2)C(=O)N1c1ccc(Br)cc1. The number of amides is 2. The zero-order chi connectivity index (χ0) is 19.0. The molecule has 2 aromatic carbocycles. The summed E-state index contributed by atoms with van der Waals surface area (Å²) in [6, 6.07) is 14.8. The molecule has 2 heterocycles. The highest BCUT2D eigenvalue weighted by Gasteiger charge is 2.46. The fourth-order valence-electron chi connectivity index (χ4n) is 3.89. The van der Waals surface area contributed by atoms with Gasteiger partial charge in [-0.05, 0) is 42.5 Å². The maximum Gasteiger partial charge on any atom is 0.292 e. The van der Waals surface area contributed by atoms with Crippen LogP contribution in [0.3, 0.4) is 0 Å². The molecule has 2 amide bonds. The lowest BCUT2D eigenvalue weighted by molar-refractivity contribution is -0.915. The fourth-order valence-corrected chi connectivity index (χ4v) is 4.33. The average molecular weight is 450 g/mol. The van der Waals surface area contributed by atoms with E-state index in [9.17, 15) is 9.59 Å². The van der Waals surface area contributed by atoms with E-state index in [1.165, 1.54) is 9.80 Å². The molecule has 1 N–H and O–H groups in total. The molecule has 0 bridgehead atoms. The summed E-state index contributed by atoms with van der Waals surface area (Å²) in [7, 11) is 0. The largest absolute Gasteiger partial charge is 0.360 e. The Morgan fingerprint density at radius 3 is 2.37 bits per heavy atom. The van der Waals surface area contributed by atoms with E-state index >= 15 is 0 Å². The van der Waals surface area contributed by atoms with Gasteiger partial charge in [0.25, 0.3) is 5.91 Å². The van der Waals surface area contributed by atoms with Crippen LogP contribution >= 0.6 is 27.5 Å². The van der Waals surface area contributed by atoms with Gasteiger partial charge >= 0.3 is 0 Å². The van der Waals surface area contributed by atoms with Gasteiger partial charge in [-0.1, -0.05) is 33.6 Å². The summed E-state index contributed by atoms with van der Waals surface area (Å²) in [6.45, 7) is 3.33. The van der Waals surface area contributed by atoms with Gasteiger partial charge in [0.1, 0.15) is 0 Å². The number of nitrogens with zero attached hydrogens (tertiary/aromatic N) is 2. The maximum absolute atomic E-state index is 12.9. The highest BCUT2D eigenvalue weighted by molar-refractivity contribution is 9.10. The third-order valence-electron chi connectivity index (χ3n) is 5.30. The fraction of sp³-hybridized carbons (Fsp3) is 0.300. The summed E-state index contributed by atoms with van der Waals surface area (Å²) < 4.78 is 0.921. The number of piperazine rings is 1. The monoisotopic (exact) mass is 448 g/mol. The predicted octanol–water partition coefficient (Wildman–Crippen LogP) is 2.14. The molecule has 1 atom stereocenters. The lowest BCUT2D eigenvalue weighted by Crippen LogP contribution is -3.19. The summed E-state index contributed by atoms with van der Waals surface area (Å²) in [5, 5.41) is 0.726. The lowest BCUT2D eigenvalue weighted by atomic mass is 10.1. The number of rotatable bonds is 3. The summed E-state index contributed by atoms with van der Waals surface area (Å²) in [5.41, 5.74) is 1.75. The second-order valence-electron chi connectivity index (χ2n) is 6.93. The quantitative estimate of drug-likeness (QED) is 0.730. The minimum absolute atomic E-state index is 0.0893. The molecule has 2 fully saturated rings. The zero-order valence-corrected chi connectivity index (χ0v) is 17.0. The number of carbonyl (C=O) groups is 2. The minimum atomic E-state index is -0.289. The number of hydrogen-bond acceptors (Lipinski definition) is 3. The molecule has 0 aliphatic carbocycles. The van der Waals surface area contributed by atoms with Crippen LogP contribution in [0.15, 0.2) is 53.0 Å². The molecule has 5 nitrogen and oxygen atoms in total. The van der Waals surface area contributed by atoms with Crippen molar-refractivity contribution in [3.8, 4) is 0 Å². The Morgan fingerprint density at radius 1 is 1.00 bits per heavy atom. The Kier molecular flexibility index (Phi) is 5.21. The number of benzene rings is 2. The van der Waals surface area contributed by atoms with Crippen molar-refractivity contribution in [2.45, 2.75) is 12.5 Å². The van der Waals surface area contributed by atoms with Crippen molar-refractivity contribution in [1.29, 1.82) is 0 Å². The van der Waals surface area contributed by atoms with Gasteiger partial charge in [-0.15, -0.1) is 0 Å². The van der Waals surface area contributed by atoms with E-state index < -0.39 is 0 Å². The van der Waals surface area contributed by atoms with Gasteiger partial charge in [-0.25, -0.2) is 4.90 Å². The first-order valence-corrected chi connectivity index (χ1v) is 10.2. The number of quaternary nitrogens is 1. The zero-order valence-electron chi connectivity index (χ0n) is 14.7. The number of hydrogen-bond donors (Lipinski definition) is 1. The molecular formula is C20H20BrClN3O2+. The number of imide groups is 1. The van der Waals surface area contributed by atoms with Gasteiger partial charge < -0.3 is 9.80 Å². The van der Waals surface area contributed by atoms with Gasteiger partial charge in [0, 0.05) is 15.2 Å². The minimum Gasteiger partial charge on any atom is -0.360 e. The van der Waals surface area contributed by atoms with Crippen LogP contribution in [-0.2, 0) is 9.59 Å². The van der Waals surface area contributed by atoms with Crippen LogP contribution in [0.5, 0.6) is 0 Å². The second-order valence-corrected chi connectivity index (χ2v) is 8.28. The summed E-state index contributed by atoms with van der Waals surface area (Å²) in [4.78, 5) is 30.2. The van der Waals surface area contributed by atoms with Gasteiger partial charge in [-0.3, -0.25) is 9.59 Å². The van der Waals surface area contributed by atoms with Crippen LogP contribution in [0.25, 0.3) is 0 Å². The van der Waals surface area contributed by atoms with E-state index in [1.807, 2.05) is 30.3 Å². The molecule has 0 spiro atoms. The van der Waals surface area contributed by atoms with Crippen molar-refractivity contribution in [2.75, 3.05) is 36.0 Å². The second kappa shape index (κ2) is 7.62. The maximum atomic E-state index is 12.9. The van der Waals surface area contributed by atoms with Crippen LogP contribution in [0.1, 0.15) is 6.42 Å². The normalized spacial score (nSPS) is 21.2. The van der Waals surface area contributed by atoms with Crippen molar-refractivity contribution in [3.63, 3.8) is 0 Å². The van der Waals surface area contributed by atoms with E-state index in [-0.39, 0.29) is 24.3 Å². The third-order valence-corrected chi connectivity index (χ3v) is 6.07. The number of carbonyl (C=O) groups excluding carboxylic acids is 2. The topological polar surface area (TPSA) is 45.1 Å². The smallest absolute Gasteiger partial charge is 0.292 e. The van der Waals surface area contributed by atoms with Crippen LogP contribution in [0, 0.1) is 0 Å². The molecule has 0 unspecified atom stereocenters. The lowest BCUT2D eigenvalue weighted by Gasteiger charge is -2.35. The van der Waals surface area contributed by atoms with E-state index in [4.69, 9.17) is 11.6 Å². The van der Waals surface area contributed by atoms with Gasteiger partial charge in [0.05, 0.1) is 38.3 Å². The predicted molar refractivity (Wildman–Crippen MR) is 109 cm³/mol. The van der Waals surface area contributed by atoms with Crippen LogP contribution < -0.4 is 14.7 Å². The summed E-state index contributed by atoms with van der Waals surface area (Å²) in [6.07, 6.45) is 0.279. The molecule has 140 valence electrons. The number of nitrogens with one attached hydrogen (secondary N) is 1. The Balaban J connectivity index is 1.43. The van der Waals surface area contributed by atoms with Crippen molar-refractivity contribution in [3.05, 3.63) is 58.0 Å². The molecule has 2 saturated heterocycles. The van der Waals surface area contributed by atoms with Crippen LogP contribution in [0.4, 0.5) is 11.4 Å². The Labute approximate surface area is 171 Å².